The standard InChI is InChI=1S/C20H18N2O4S/c1-13-7-9-14(10-8-13)19-22-16(12-27-19)20(24)26-11-18(23)21-15-5-3-4-6-17(15)25-2/h3-10,12H,11H2,1-2H3,(H,21,23). The van der Waals surface area contributed by atoms with Gasteiger partial charge < -0.3 is 14.8 Å². The average molecular weight is 382 g/mol. The van der Waals surface area contributed by atoms with Crippen LogP contribution < -0.4 is 10.1 Å². The fraction of sp³-hybridized carbons (Fsp3) is 0.150. The number of para-hydroxylation sites is 2. The maximum Gasteiger partial charge on any atom is 0.358 e. The lowest BCUT2D eigenvalue weighted by Gasteiger charge is -2.09. The van der Waals surface area contributed by atoms with E-state index in [1.807, 2.05) is 31.2 Å². The van der Waals surface area contributed by atoms with Crippen molar-refractivity contribution >= 4 is 28.9 Å². The van der Waals surface area contributed by atoms with Crippen molar-refractivity contribution in [2.45, 2.75) is 6.92 Å². The normalized spacial score (nSPS) is 10.3. The Morgan fingerprint density at radius 3 is 2.59 bits per heavy atom. The number of rotatable bonds is 6. The van der Waals surface area contributed by atoms with Crippen LogP contribution in [0, 0.1) is 6.92 Å². The van der Waals surface area contributed by atoms with Crippen LogP contribution >= 0.6 is 11.3 Å². The number of esters is 1. The number of ether oxygens (including phenoxy) is 2. The van der Waals surface area contributed by atoms with E-state index in [1.54, 1.807) is 29.6 Å². The topological polar surface area (TPSA) is 77.5 Å². The van der Waals surface area contributed by atoms with E-state index in [4.69, 9.17) is 9.47 Å². The van der Waals surface area contributed by atoms with E-state index < -0.39 is 18.5 Å². The highest BCUT2D eigenvalue weighted by Gasteiger charge is 2.15. The van der Waals surface area contributed by atoms with Crippen LogP contribution in [0.1, 0.15) is 16.1 Å². The van der Waals surface area contributed by atoms with Crippen LogP contribution in [0.25, 0.3) is 10.6 Å². The van der Waals surface area contributed by atoms with Gasteiger partial charge in [-0.05, 0) is 19.1 Å². The number of thiazole rings is 1. The maximum absolute atomic E-state index is 12.1. The molecule has 1 aromatic heterocycles. The van der Waals surface area contributed by atoms with Gasteiger partial charge in [0.2, 0.25) is 0 Å². The molecule has 1 N–H and O–H groups in total. The highest BCUT2D eigenvalue weighted by Crippen LogP contribution is 2.25. The summed E-state index contributed by atoms with van der Waals surface area (Å²) in [6, 6.07) is 14.9. The van der Waals surface area contributed by atoms with Crippen LogP contribution in [0.15, 0.2) is 53.9 Å². The van der Waals surface area contributed by atoms with E-state index in [-0.39, 0.29) is 5.69 Å². The average Bonchev–Trinajstić information content (AvgIpc) is 3.17. The molecule has 0 unspecified atom stereocenters. The van der Waals surface area contributed by atoms with Crippen molar-refractivity contribution in [1.29, 1.82) is 0 Å². The number of methoxy groups -OCH3 is 1. The second-order valence-electron chi connectivity index (χ2n) is 5.73. The number of amides is 1. The summed E-state index contributed by atoms with van der Waals surface area (Å²) in [5.74, 6) is -0.568. The van der Waals surface area contributed by atoms with Crippen molar-refractivity contribution < 1.29 is 19.1 Å². The first-order valence-electron chi connectivity index (χ1n) is 8.19. The molecule has 0 radical (unpaired) electrons. The van der Waals surface area contributed by atoms with Gasteiger partial charge in [0.15, 0.2) is 12.3 Å². The molecule has 3 rings (SSSR count). The summed E-state index contributed by atoms with van der Waals surface area (Å²) in [5, 5.41) is 4.99. The predicted molar refractivity (Wildman–Crippen MR) is 104 cm³/mol. The van der Waals surface area contributed by atoms with Gasteiger partial charge in [-0.2, -0.15) is 0 Å². The molecule has 1 amide bonds. The van der Waals surface area contributed by atoms with Gasteiger partial charge in [0.1, 0.15) is 10.8 Å². The summed E-state index contributed by atoms with van der Waals surface area (Å²) in [7, 11) is 1.51. The molecule has 1 heterocycles. The lowest BCUT2D eigenvalue weighted by molar-refractivity contribution is -0.119. The number of nitrogens with zero attached hydrogens (tertiary/aromatic N) is 1. The monoisotopic (exact) mass is 382 g/mol. The van der Waals surface area contributed by atoms with E-state index >= 15 is 0 Å². The summed E-state index contributed by atoms with van der Waals surface area (Å²) in [6.45, 7) is 1.60. The first-order chi connectivity index (χ1) is 13.1. The van der Waals surface area contributed by atoms with Gasteiger partial charge in [0, 0.05) is 10.9 Å². The molecule has 7 heteroatoms. The minimum atomic E-state index is -0.639. The Bertz CT molecular complexity index is 951. The first kappa shape index (κ1) is 18.6. The summed E-state index contributed by atoms with van der Waals surface area (Å²) >= 11 is 1.35. The fourth-order valence-electron chi connectivity index (χ4n) is 2.34. The third-order valence-electron chi connectivity index (χ3n) is 3.73. The molecule has 0 saturated carbocycles. The Morgan fingerprint density at radius 2 is 1.85 bits per heavy atom. The predicted octanol–water partition coefficient (Wildman–Crippen LogP) is 3.92. The van der Waals surface area contributed by atoms with Crippen molar-refractivity contribution in [3.05, 3.63) is 65.2 Å². The van der Waals surface area contributed by atoms with Gasteiger partial charge in [-0.25, -0.2) is 9.78 Å². The molecule has 0 saturated heterocycles. The van der Waals surface area contributed by atoms with Crippen molar-refractivity contribution in [2.75, 3.05) is 19.0 Å². The lowest BCUT2D eigenvalue weighted by Crippen LogP contribution is -2.21. The van der Waals surface area contributed by atoms with Gasteiger partial charge in [-0.15, -0.1) is 11.3 Å². The first-order valence-corrected chi connectivity index (χ1v) is 9.07. The number of hydrogen-bond donors (Lipinski definition) is 1. The third-order valence-corrected chi connectivity index (χ3v) is 4.62. The summed E-state index contributed by atoms with van der Waals surface area (Å²) in [6.07, 6.45) is 0. The molecule has 27 heavy (non-hydrogen) atoms. The third kappa shape index (κ3) is 4.71. The fourth-order valence-corrected chi connectivity index (χ4v) is 3.13. The second-order valence-corrected chi connectivity index (χ2v) is 6.59. The van der Waals surface area contributed by atoms with E-state index in [1.165, 1.54) is 18.4 Å². The van der Waals surface area contributed by atoms with Crippen LogP contribution in [-0.4, -0.2) is 30.6 Å². The number of aromatic nitrogens is 1. The highest BCUT2D eigenvalue weighted by atomic mass is 32.1. The minimum Gasteiger partial charge on any atom is -0.495 e. The molecule has 2 aromatic carbocycles. The second kappa shape index (κ2) is 8.46. The molecule has 6 nitrogen and oxygen atoms in total. The van der Waals surface area contributed by atoms with Crippen LogP contribution in [0.3, 0.4) is 0 Å². The summed E-state index contributed by atoms with van der Waals surface area (Å²) in [5.41, 5.74) is 2.77. The molecule has 0 atom stereocenters. The molecule has 3 aromatic rings. The SMILES string of the molecule is COc1ccccc1NC(=O)COC(=O)c1csc(-c2ccc(C)cc2)n1. The van der Waals surface area contributed by atoms with E-state index in [9.17, 15) is 9.59 Å². The lowest BCUT2D eigenvalue weighted by atomic mass is 10.2. The van der Waals surface area contributed by atoms with Gasteiger partial charge in [0.25, 0.3) is 5.91 Å². The van der Waals surface area contributed by atoms with Gasteiger partial charge in [-0.1, -0.05) is 42.0 Å². The minimum absolute atomic E-state index is 0.181. The molecule has 0 spiro atoms. The molecule has 138 valence electrons. The Balaban J connectivity index is 1.58. The smallest absolute Gasteiger partial charge is 0.358 e. The van der Waals surface area contributed by atoms with Gasteiger partial charge >= 0.3 is 5.97 Å². The van der Waals surface area contributed by atoms with Crippen molar-refractivity contribution in [3.63, 3.8) is 0 Å². The quantitative estimate of drug-likeness (QED) is 0.654. The number of carbonyl (C=O) groups is 2. The van der Waals surface area contributed by atoms with E-state index in [0.717, 1.165) is 16.1 Å². The number of hydrogen-bond acceptors (Lipinski definition) is 6. The highest BCUT2D eigenvalue weighted by molar-refractivity contribution is 7.13. The van der Waals surface area contributed by atoms with Gasteiger partial charge in [-0.3, -0.25) is 4.79 Å². The summed E-state index contributed by atoms with van der Waals surface area (Å²) in [4.78, 5) is 28.4. The van der Waals surface area contributed by atoms with Crippen LogP contribution in [0.4, 0.5) is 5.69 Å². The molecule has 0 aliphatic rings. The van der Waals surface area contributed by atoms with Crippen LogP contribution in [-0.2, 0) is 9.53 Å². The van der Waals surface area contributed by atoms with Crippen LogP contribution in [0.2, 0.25) is 0 Å². The van der Waals surface area contributed by atoms with Crippen molar-refractivity contribution in [3.8, 4) is 16.3 Å². The molecule has 0 aliphatic heterocycles. The van der Waals surface area contributed by atoms with Crippen molar-refractivity contribution in [2.24, 2.45) is 0 Å². The molecular weight excluding hydrogens is 364 g/mol. The maximum atomic E-state index is 12.1. The van der Waals surface area contributed by atoms with E-state index in [0.29, 0.717) is 11.4 Å². The Hall–Kier alpha value is -3.19. The Morgan fingerprint density at radius 1 is 1.11 bits per heavy atom. The molecule has 0 bridgehead atoms. The largest absolute Gasteiger partial charge is 0.495 e. The zero-order valence-corrected chi connectivity index (χ0v) is 15.7. The van der Waals surface area contributed by atoms with Crippen molar-refractivity contribution in [1.82, 2.24) is 4.98 Å². The summed E-state index contributed by atoms with van der Waals surface area (Å²) < 4.78 is 10.2. The number of benzene rings is 2. The van der Waals surface area contributed by atoms with E-state index in [2.05, 4.69) is 10.3 Å². The molecule has 0 fully saturated rings. The Kier molecular flexibility index (Phi) is 5.83. The molecule has 0 aliphatic carbocycles. The zero-order valence-electron chi connectivity index (χ0n) is 14.9. The number of carbonyl (C=O) groups excluding carboxylic acids is 2. The Labute approximate surface area is 160 Å². The number of nitrogens with one attached hydrogen (secondary N) is 1. The zero-order chi connectivity index (χ0) is 19.2. The van der Waals surface area contributed by atoms with Gasteiger partial charge in [0.05, 0.1) is 12.8 Å². The number of aryl methyl sites for hydroxylation is 1. The number of anilines is 1. The van der Waals surface area contributed by atoms with Crippen LogP contribution in [0.5, 0.6) is 5.75 Å². The molecular formula is C20H18N2O4S.